The molecule has 4 aromatic carbocycles. The summed E-state index contributed by atoms with van der Waals surface area (Å²) < 4.78 is 27.9. The molecule has 1 aliphatic carbocycles. The topological polar surface area (TPSA) is 72.9 Å². The average molecular weight is 742 g/mol. The maximum atomic E-state index is 14.6. The monoisotopic (exact) mass is 741 g/mol. The van der Waals surface area contributed by atoms with Gasteiger partial charge < -0.3 is 9.16 Å². The smallest absolute Gasteiger partial charge is 0.308 e. The summed E-state index contributed by atoms with van der Waals surface area (Å²) in [5.74, 6) is -1.18. The van der Waals surface area contributed by atoms with Crippen molar-refractivity contribution in [3.63, 3.8) is 0 Å². The Balaban J connectivity index is 1.24. The van der Waals surface area contributed by atoms with Crippen LogP contribution in [0.2, 0.25) is 5.04 Å². The van der Waals surface area contributed by atoms with Gasteiger partial charge in [0.15, 0.2) is 0 Å². The molecule has 3 aliphatic rings. The maximum absolute atomic E-state index is 14.6. The number of halogens is 1. The third kappa shape index (κ3) is 6.82. The van der Waals surface area contributed by atoms with Crippen molar-refractivity contribution in [2.24, 2.45) is 5.41 Å². The van der Waals surface area contributed by atoms with E-state index < -0.39 is 25.9 Å². The molecule has 0 N–H and O–H groups in total. The van der Waals surface area contributed by atoms with E-state index in [1.807, 2.05) is 30.4 Å². The molecule has 8 heteroatoms. The molecular formula is C46H48FNO5Si. The van der Waals surface area contributed by atoms with Crippen LogP contribution in [0.3, 0.4) is 0 Å². The predicted octanol–water partition coefficient (Wildman–Crippen LogP) is 8.58. The first-order valence-corrected chi connectivity index (χ1v) is 20.7. The Labute approximate surface area is 318 Å². The van der Waals surface area contributed by atoms with Crippen LogP contribution in [0.1, 0.15) is 92.1 Å². The van der Waals surface area contributed by atoms with Gasteiger partial charge in [-0.1, -0.05) is 120 Å². The fourth-order valence-electron chi connectivity index (χ4n) is 8.83. The van der Waals surface area contributed by atoms with Crippen LogP contribution < -0.4 is 10.4 Å². The fourth-order valence-corrected chi connectivity index (χ4v) is 13.5. The summed E-state index contributed by atoms with van der Waals surface area (Å²) in [6, 6.07) is 32.4. The molecule has 2 amide bonds. The molecule has 1 unspecified atom stereocenters. The summed E-state index contributed by atoms with van der Waals surface area (Å²) in [4.78, 5) is 42.0. The minimum atomic E-state index is -2.93. The zero-order chi connectivity index (χ0) is 38.4. The van der Waals surface area contributed by atoms with Crippen molar-refractivity contribution < 1.29 is 27.9 Å². The zero-order valence-electron chi connectivity index (χ0n) is 31.9. The molecule has 1 saturated heterocycles. The highest BCUT2D eigenvalue weighted by atomic mass is 28.4. The molecule has 3 atom stereocenters. The number of imide groups is 1. The van der Waals surface area contributed by atoms with Crippen LogP contribution in [-0.4, -0.2) is 49.3 Å². The molecule has 2 aliphatic heterocycles. The number of aryl methyl sites for hydroxylation is 1. The van der Waals surface area contributed by atoms with E-state index >= 15 is 0 Å². The largest absolute Gasteiger partial charge is 0.458 e. The standard InChI is InChI=1S/C46H48FNO5Si/c1-30-25-31(21-24-41(30)47)39-26-32(48-43(50)37-19-13-14-20-38(37)44(48)51)29-46(5,6)40(39)23-22-33-27-34(28-42(49)52-33)53-54(45(2,3)4,35-15-9-7-10-16-35)36-17-11-8-12-18-36/h7-25,32-34H,26-29H2,1-6H3/b23-22+/t32?,33-,34-/m1/s1. The van der Waals surface area contributed by atoms with E-state index in [9.17, 15) is 18.8 Å². The molecule has 0 radical (unpaired) electrons. The number of rotatable bonds is 8. The number of cyclic esters (lactones) is 1. The third-order valence-electron chi connectivity index (χ3n) is 11.3. The van der Waals surface area contributed by atoms with Crippen molar-refractivity contribution in [1.29, 1.82) is 0 Å². The van der Waals surface area contributed by atoms with Crippen molar-refractivity contribution in [2.45, 2.75) is 90.5 Å². The Bertz CT molecular complexity index is 2080. The second-order valence-electron chi connectivity index (χ2n) is 16.6. The van der Waals surface area contributed by atoms with Gasteiger partial charge in [-0.3, -0.25) is 19.3 Å². The molecule has 0 bridgehead atoms. The van der Waals surface area contributed by atoms with Gasteiger partial charge in [0.25, 0.3) is 20.1 Å². The molecule has 0 saturated carbocycles. The summed E-state index contributed by atoms with van der Waals surface area (Å²) >= 11 is 0. The lowest BCUT2D eigenvalue weighted by molar-refractivity contribution is -0.155. The van der Waals surface area contributed by atoms with E-state index in [1.54, 1.807) is 37.3 Å². The second-order valence-corrected chi connectivity index (χ2v) is 20.8. The number of hydrogen-bond donors (Lipinski definition) is 0. The first-order valence-electron chi connectivity index (χ1n) is 18.8. The van der Waals surface area contributed by atoms with Crippen LogP contribution >= 0.6 is 0 Å². The highest BCUT2D eigenvalue weighted by Gasteiger charge is 2.52. The second kappa shape index (κ2) is 14.4. The lowest BCUT2D eigenvalue weighted by atomic mass is 9.68. The highest BCUT2D eigenvalue weighted by Crippen LogP contribution is 2.48. The number of carbonyl (C=O) groups excluding carboxylic acids is 3. The van der Waals surface area contributed by atoms with Crippen LogP contribution in [0, 0.1) is 18.2 Å². The molecular weight excluding hydrogens is 694 g/mol. The maximum Gasteiger partial charge on any atom is 0.308 e. The van der Waals surface area contributed by atoms with Gasteiger partial charge in [0, 0.05) is 12.5 Å². The lowest BCUT2D eigenvalue weighted by Crippen LogP contribution is -2.68. The van der Waals surface area contributed by atoms with Gasteiger partial charge in [-0.05, 0) is 93.2 Å². The van der Waals surface area contributed by atoms with E-state index in [0.717, 1.165) is 27.1 Å². The quantitative estimate of drug-likeness (QED) is 0.103. The van der Waals surface area contributed by atoms with Gasteiger partial charge in [-0.15, -0.1) is 0 Å². The Morgan fingerprint density at radius 3 is 1.96 bits per heavy atom. The normalized spacial score (nSPS) is 21.8. The summed E-state index contributed by atoms with van der Waals surface area (Å²) in [7, 11) is -2.93. The predicted molar refractivity (Wildman–Crippen MR) is 213 cm³/mol. The average Bonchev–Trinajstić information content (AvgIpc) is 3.39. The van der Waals surface area contributed by atoms with Gasteiger partial charge >= 0.3 is 5.97 Å². The van der Waals surface area contributed by atoms with Gasteiger partial charge in [0.2, 0.25) is 0 Å². The third-order valence-corrected chi connectivity index (χ3v) is 16.4. The Hall–Kier alpha value is -4.92. The van der Waals surface area contributed by atoms with Crippen LogP contribution in [-0.2, 0) is 14.0 Å². The molecule has 54 heavy (non-hydrogen) atoms. The number of nitrogens with zero attached hydrogens (tertiary/aromatic N) is 1. The van der Waals surface area contributed by atoms with Crippen molar-refractivity contribution >= 4 is 42.0 Å². The van der Waals surface area contributed by atoms with Crippen molar-refractivity contribution in [3.8, 4) is 0 Å². The summed E-state index contributed by atoms with van der Waals surface area (Å²) in [5.41, 5.74) is 3.59. The SMILES string of the molecule is Cc1cc(C2=C(/C=C/[C@@H]3C[C@@H](O[Si](c4ccccc4)(c4ccccc4)C(C)(C)C)CC(=O)O3)C(C)(C)CC(N3C(=O)c4ccccc4C3=O)C2)ccc1F. The van der Waals surface area contributed by atoms with Crippen molar-refractivity contribution in [3.05, 3.63) is 149 Å². The minimum Gasteiger partial charge on any atom is -0.458 e. The molecule has 4 aromatic rings. The zero-order valence-corrected chi connectivity index (χ0v) is 32.9. The minimum absolute atomic E-state index is 0.158. The number of fused-ring (bicyclic) bond motifs is 1. The molecule has 2 heterocycles. The van der Waals surface area contributed by atoms with E-state index in [2.05, 4.69) is 83.1 Å². The summed E-state index contributed by atoms with van der Waals surface area (Å²) in [6.45, 7) is 12.6. The summed E-state index contributed by atoms with van der Waals surface area (Å²) in [5, 5.41) is 2.05. The van der Waals surface area contributed by atoms with Gasteiger partial charge in [-0.2, -0.15) is 0 Å². The van der Waals surface area contributed by atoms with Crippen molar-refractivity contribution in [2.75, 3.05) is 0 Å². The Morgan fingerprint density at radius 2 is 1.41 bits per heavy atom. The molecule has 6 nitrogen and oxygen atoms in total. The van der Waals surface area contributed by atoms with E-state index in [0.29, 0.717) is 36.0 Å². The van der Waals surface area contributed by atoms with Crippen LogP contribution in [0.4, 0.5) is 4.39 Å². The lowest BCUT2D eigenvalue weighted by Gasteiger charge is -2.46. The van der Waals surface area contributed by atoms with Crippen LogP contribution in [0.15, 0.2) is 121 Å². The first-order chi connectivity index (χ1) is 25.7. The molecule has 0 aromatic heterocycles. The number of carbonyl (C=O) groups is 3. The van der Waals surface area contributed by atoms with E-state index in [-0.39, 0.29) is 41.2 Å². The number of amides is 2. The summed E-state index contributed by atoms with van der Waals surface area (Å²) in [6.07, 6.45) is 4.66. The Kier molecular flexibility index (Phi) is 9.96. The molecule has 0 spiro atoms. The molecule has 7 rings (SSSR count). The number of ether oxygens (including phenoxy) is 1. The number of benzene rings is 4. The molecule has 1 fully saturated rings. The fraction of sp³-hybridized carbons (Fsp3) is 0.326. The first kappa shape index (κ1) is 37.4. The van der Waals surface area contributed by atoms with Crippen LogP contribution in [0.25, 0.3) is 5.57 Å². The molecule has 278 valence electrons. The van der Waals surface area contributed by atoms with Gasteiger partial charge in [0.05, 0.1) is 23.7 Å². The van der Waals surface area contributed by atoms with E-state index in [1.165, 1.54) is 11.0 Å². The number of hydrogen-bond acceptors (Lipinski definition) is 5. The Morgan fingerprint density at radius 1 is 0.833 bits per heavy atom. The van der Waals surface area contributed by atoms with Crippen molar-refractivity contribution in [1.82, 2.24) is 4.90 Å². The van der Waals surface area contributed by atoms with E-state index in [4.69, 9.17) is 9.16 Å². The van der Waals surface area contributed by atoms with Gasteiger partial charge in [-0.25, -0.2) is 4.39 Å². The highest BCUT2D eigenvalue weighted by molar-refractivity contribution is 6.99. The number of allylic oxidation sites excluding steroid dienone is 2. The van der Waals surface area contributed by atoms with Crippen LogP contribution in [0.5, 0.6) is 0 Å². The van der Waals surface area contributed by atoms with Gasteiger partial charge in [0.1, 0.15) is 11.9 Å². The number of esters is 1.